The molecule has 134 valence electrons. The first-order valence-electron chi connectivity index (χ1n) is 8.31. The number of aromatic nitrogens is 1. The van der Waals surface area contributed by atoms with Crippen LogP contribution in [-0.2, 0) is 24.1 Å². The number of oxazole rings is 1. The summed E-state index contributed by atoms with van der Waals surface area (Å²) in [5, 5.41) is 1.94. The largest absolute Gasteiger partial charge is 0.440 e. The quantitative estimate of drug-likeness (QED) is 0.673. The van der Waals surface area contributed by atoms with E-state index in [4.69, 9.17) is 4.42 Å². The number of nitrogens with one attached hydrogen (secondary N) is 2. The molecule has 26 heavy (non-hydrogen) atoms. The molecule has 0 aromatic carbocycles. The molecule has 8 heteroatoms. The summed E-state index contributed by atoms with van der Waals surface area (Å²) in [5.41, 5.74) is 6.75. The average molecular weight is 387 g/mol. The number of aryl methyl sites for hydroxylation is 3. The molecule has 0 bridgehead atoms. The lowest BCUT2D eigenvalue weighted by Crippen LogP contribution is -2.42. The Morgan fingerprint density at radius 2 is 2.19 bits per heavy atom. The van der Waals surface area contributed by atoms with Crippen molar-refractivity contribution >= 4 is 34.5 Å². The van der Waals surface area contributed by atoms with E-state index >= 15 is 0 Å². The molecule has 4 rings (SSSR count). The Hall–Kier alpha value is -2.45. The van der Waals surface area contributed by atoms with Gasteiger partial charge in [0.25, 0.3) is 5.91 Å². The van der Waals surface area contributed by atoms with Crippen LogP contribution in [0.25, 0.3) is 10.8 Å². The lowest BCUT2D eigenvalue weighted by molar-refractivity contribution is -0.121. The molecule has 0 aliphatic heterocycles. The van der Waals surface area contributed by atoms with Crippen molar-refractivity contribution in [3.63, 3.8) is 0 Å². The Balaban J connectivity index is 1.34. The third kappa shape index (κ3) is 3.42. The highest BCUT2D eigenvalue weighted by molar-refractivity contribution is 7.14. The van der Waals surface area contributed by atoms with Crippen LogP contribution < -0.4 is 10.9 Å². The van der Waals surface area contributed by atoms with Crippen LogP contribution in [0.2, 0.25) is 0 Å². The highest BCUT2D eigenvalue weighted by Crippen LogP contribution is 2.30. The smallest absolute Gasteiger partial charge is 0.279 e. The molecule has 1 aliphatic carbocycles. The summed E-state index contributed by atoms with van der Waals surface area (Å²) in [6.45, 7) is 1.78. The minimum atomic E-state index is -0.337. The highest BCUT2D eigenvalue weighted by atomic mass is 32.1. The average Bonchev–Trinajstić information content (AvgIpc) is 3.37. The maximum atomic E-state index is 12.2. The summed E-state index contributed by atoms with van der Waals surface area (Å²) in [5.74, 6) is 0.493. The van der Waals surface area contributed by atoms with Crippen LogP contribution >= 0.6 is 22.7 Å². The number of hydrazine groups is 1. The molecule has 3 aromatic heterocycles. The van der Waals surface area contributed by atoms with Crippen LogP contribution in [0, 0.1) is 6.92 Å². The second-order valence-corrected chi connectivity index (χ2v) is 8.18. The van der Waals surface area contributed by atoms with E-state index in [0.717, 1.165) is 24.1 Å². The van der Waals surface area contributed by atoms with E-state index in [9.17, 15) is 9.59 Å². The zero-order valence-corrected chi connectivity index (χ0v) is 15.8. The van der Waals surface area contributed by atoms with Crippen molar-refractivity contribution in [3.05, 3.63) is 50.4 Å². The molecular formula is C18H17N3O3S2. The van der Waals surface area contributed by atoms with Gasteiger partial charge in [0.05, 0.1) is 21.9 Å². The van der Waals surface area contributed by atoms with Gasteiger partial charge in [-0.2, -0.15) is 0 Å². The predicted octanol–water partition coefficient (Wildman–Crippen LogP) is 3.27. The van der Waals surface area contributed by atoms with Gasteiger partial charge in [-0.15, -0.1) is 22.7 Å². The van der Waals surface area contributed by atoms with Crippen LogP contribution in [-0.4, -0.2) is 16.8 Å². The molecular weight excluding hydrogens is 370 g/mol. The van der Waals surface area contributed by atoms with Crippen molar-refractivity contribution in [1.29, 1.82) is 0 Å². The number of amides is 2. The molecule has 2 amide bonds. The van der Waals surface area contributed by atoms with E-state index in [1.807, 2.05) is 23.6 Å². The zero-order valence-electron chi connectivity index (χ0n) is 14.1. The van der Waals surface area contributed by atoms with Crippen LogP contribution in [0.3, 0.4) is 0 Å². The van der Waals surface area contributed by atoms with E-state index < -0.39 is 0 Å². The molecule has 6 nitrogen and oxygen atoms in total. The lowest BCUT2D eigenvalue weighted by atomic mass is 10.2. The van der Waals surface area contributed by atoms with Crippen LogP contribution in [0.1, 0.15) is 38.0 Å². The van der Waals surface area contributed by atoms with Gasteiger partial charge in [0, 0.05) is 4.88 Å². The van der Waals surface area contributed by atoms with Crippen molar-refractivity contribution in [1.82, 2.24) is 15.8 Å². The van der Waals surface area contributed by atoms with Gasteiger partial charge in [-0.1, -0.05) is 6.07 Å². The number of carbonyl (C=O) groups excluding carboxylic acids is 2. The molecule has 0 saturated heterocycles. The zero-order chi connectivity index (χ0) is 18.1. The number of nitrogens with zero attached hydrogens (tertiary/aromatic N) is 1. The summed E-state index contributed by atoms with van der Waals surface area (Å²) < 4.78 is 5.62. The third-order valence-corrected chi connectivity index (χ3v) is 6.33. The highest BCUT2D eigenvalue weighted by Gasteiger charge is 2.19. The summed E-state index contributed by atoms with van der Waals surface area (Å²) in [4.78, 5) is 31.5. The van der Waals surface area contributed by atoms with Crippen molar-refractivity contribution in [2.45, 2.75) is 32.6 Å². The standard InChI is InChI=1S/C18H17N3O3S2/c1-10-12(19-18(24-10)14-6-3-7-25-14)9-16(22)20-21-17(23)15-8-11-4-2-5-13(11)26-15/h3,6-8H,2,4-5,9H2,1H3,(H,20,22)(H,21,23). The van der Waals surface area contributed by atoms with Gasteiger partial charge in [0.1, 0.15) is 5.76 Å². The maximum Gasteiger partial charge on any atom is 0.279 e. The Bertz CT molecular complexity index is 935. The van der Waals surface area contributed by atoms with E-state index in [-0.39, 0.29) is 18.2 Å². The Morgan fingerprint density at radius 1 is 1.31 bits per heavy atom. The SMILES string of the molecule is Cc1oc(-c2cccs2)nc1CC(=O)NNC(=O)c1cc2c(s1)CCC2. The fourth-order valence-electron chi connectivity index (χ4n) is 2.92. The molecule has 2 N–H and O–H groups in total. The first-order valence-corrected chi connectivity index (χ1v) is 10.0. The number of hydrogen-bond donors (Lipinski definition) is 2. The van der Waals surface area contributed by atoms with Crippen molar-refractivity contribution in [2.75, 3.05) is 0 Å². The molecule has 0 radical (unpaired) electrons. The van der Waals surface area contributed by atoms with Crippen molar-refractivity contribution in [2.24, 2.45) is 0 Å². The first-order chi connectivity index (χ1) is 12.6. The summed E-state index contributed by atoms with van der Waals surface area (Å²) in [6.07, 6.45) is 3.27. The van der Waals surface area contributed by atoms with Crippen molar-refractivity contribution in [3.8, 4) is 10.8 Å². The number of thiophene rings is 2. The second kappa shape index (κ2) is 7.05. The van der Waals surface area contributed by atoms with Gasteiger partial charge in [-0.25, -0.2) is 4.98 Å². The monoisotopic (exact) mass is 387 g/mol. The summed E-state index contributed by atoms with van der Waals surface area (Å²) >= 11 is 3.03. The minimum absolute atomic E-state index is 0.0436. The molecule has 0 fully saturated rings. The van der Waals surface area contributed by atoms with Gasteiger partial charge in [-0.05, 0) is 49.3 Å². The Labute approximate surface area is 158 Å². The molecule has 0 spiro atoms. The second-order valence-electron chi connectivity index (χ2n) is 6.09. The molecule has 0 unspecified atom stereocenters. The van der Waals surface area contributed by atoms with Crippen molar-refractivity contribution < 1.29 is 14.0 Å². The molecule has 0 saturated carbocycles. The van der Waals surface area contributed by atoms with E-state index in [1.54, 1.807) is 6.92 Å². The van der Waals surface area contributed by atoms with Gasteiger partial charge in [0.15, 0.2) is 0 Å². The normalized spacial score (nSPS) is 12.8. The van der Waals surface area contributed by atoms with Gasteiger partial charge in [0.2, 0.25) is 11.8 Å². The topological polar surface area (TPSA) is 84.2 Å². The fourth-order valence-corrected chi connectivity index (χ4v) is 4.72. The van der Waals surface area contributed by atoms with Crippen LogP contribution in [0.4, 0.5) is 0 Å². The predicted molar refractivity (Wildman–Crippen MR) is 100 cm³/mol. The Morgan fingerprint density at radius 3 is 2.96 bits per heavy atom. The fraction of sp³-hybridized carbons (Fsp3) is 0.278. The summed E-state index contributed by atoms with van der Waals surface area (Å²) in [7, 11) is 0. The number of fused-ring (bicyclic) bond motifs is 1. The lowest BCUT2D eigenvalue weighted by Gasteiger charge is -2.05. The molecule has 0 atom stereocenters. The Kier molecular flexibility index (Phi) is 4.60. The first kappa shape index (κ1) is 17.0. The summed E-state index contributed by atoms with van der Waals surface area (Å²) in [6, 6.07) is 5.75. The van der Waals surface area contributed by atoms with Crippen LogP contribution in [0.15, 0.2) is 28.0 Å². The van der Waals surface area contributed by atoms with Gasteiger partial charge < -0.3 is 4.42 Å². The number of rotatable bonds is 4. The third-order valence-electron chi connectivity index (χ3n) is 4.24. The van der Waals surface area contributed by atoms with Crippen LogP contribution in [0.5, 0.6) is 0 Å². The maximum absolute atomic E-state index is 12.2. The van der Waals surface area contributed by atoms with E-state index in [2.05, 4.69) is 15.8 Å². The minimum Gasteiger partial charge on any atom is -0.440 e. The molecule has 3 aromatic rings. The molecule has 3 heterocycles. The van der Waals surface area contributed by atoms with E-state index in [1.165, 1.54) is 33.1 Å². The van der Waals surface area contributed by atoms with E-state index in [0.29, 0.717) is 22.2 Å². The van der Waals surface area contributed by atoms with Gasteiger partial charge >= 0.3 is 0 Å². The number of hydrogen-bond acceptors (Lipinski definition) is 6. The number of carbonyl (C=O) groups is 2. The molecule has 1 aliphatic rings. The van der Waals surface area contributed by atoms with Gasteiger partial charge in [-0.3, -0.25) is 20.4 Å².